The molecule has 18 heavy (non-hydrogen) atoms. The number of rotatable bonds is 4. The van der Waals surface area contributed by atoms with Crippen LogP contribution in [0.3, 0.4) is 0 Å². The second-order valence-corrected chi connectivity index (χ2v) is 6.67. The molecule has 2 N–H and O–H groups in total. The molecule has 0 aromatic heterocycles. The first-order chi connectivity index (χ1) is 8.66. The van der Waals surface area contributed by atoms with Crippen LogP contribution in [0.15, 0.2) is 18.2 Å². The molecule has 0 saturated heterocycles. The molecule has 0 heterocycles. The maximum absolute atomic E-state index is 14.0. The molecule has 2 heteroatoms. The van der Waals surface area contributed by atoms with E-state index in [-0.39, 0.29) is 11.4 Å². The molecule has 3 fully saturated rings. The van der Waals surface area contributed by atoms with Crippen LogP contribution in [-0.2, 0) is 5.54 Å². The van der Waals surface area contributed by atoms with Gasteiger partial charge in [-0.15, -0.1) is 0 Å². The minimum atomic E-state index is -0.136. The second kappa shape index (κ2) is 3.57. The van der Waals surface area contributed by atoms with E-state index >= 15 is 0 Å². The Morgan fingerprint density at radius 3 is 2.72 bits per heavy atom. The van der Waals surface area contributed by atoms with E-state index in [4.69, 9.17) is 5.73 Å². The molecule has 0 spiro atoms. The largest absolute Gasteiger partial charge is 0.321 e. The van der Waals surface area contributed by atoms with E-state index in [1.165, 1.54) is 25.7 Å². The van der Waals surface area contributed by atoms with Crippen LogP contribution < -0.4 is 5.73 Å². The lowest BCUT2D eigenvalue weighted by atomic mass is 9.98. The van der Waals surface area contributed by atoms with Gasteiger partial charge in [0.2, 0.25) is 0 Å². The quantitative estimate of drug-likeness (QED) is 0.860. The Morgan fingerprint density at radius 1 is 1.28 bits per heavy atom. The zero-order chi connectivity index (χ0) is 12.3. The van der Waals surface area contributed by atoms with Gasteiger partial charge in [-0.2, -0.15) is 0 Å². The standard InChI is InChI=1S/C16H20FN/c17-15-4-3-12(16(18)5-6-16)9-14(15)13-8-11(13)7-10-1-2-10/h3-4,9-11,13H,1-2,5-8,18H2. The molecular formula is C16H20FN. The van der Waals surface area contributed by atoms with Crippen LogP contribution in [0.1, 0.15) is 55.6 Å². The minimum absolute atomic E-state index is 0.0219. The summed E-state index contributed by atoms with van der Waals surface area (Å²) in [7, 11) is 0. The van der Waals surface area contributed by atoms with Crippen molar-refractivity contribution < 1.29 is 4.39 Å². The summed E-state index contributed by atoms with van der Waals surface area (Å²) in [6.45, 7) is 0. The van der Waals surface area contributed by atoms with Crippen molar-refractivity contribution in [2.45, 2.75) is 50.0 Å². The zero-order valence-corrected chi connectivity index (χ0v) is 10.7. The van der Waals surface area contributed by atoms with Gasteiger partial charge in [-0.3, -0.25) is 0 Å². The lowest BCUT2D eigenvalue weighted by Gasteiger charge is -2.12. The summed E-state index contributed by atoms with van der Waals surface area (Å²) >= 11 is 0. The van der Waals surface area contributed by atoms with E-state index in [9.17, 15) is 4.39 Å². The molecule has 0 amide bonds. The zero-order valence-electron chi connectivity index (χ0n) is 10.7. The molecule has 2 atom stereocenters. The van der Waals surface area contributed by atoms with Crippen molar-refractivity contribution in [1.29, 1.82) is 0 Å². The first-order valence-corrected chi connectivity index (χ1v) is 7.24. The van der Waals surface area contributed by atoms with Gasteiger partial charge in [0, 0.05) is 5.54 Å². The summed E-state index contributed by atoms with van der Waals surface area (Å²) in [4.78, 5) is 0. The van der Waals surface area contributed by atoms with Gasteiger partial charge in [0.25, 0.3) is 0 Å². The molecule has 3 aliphatic rings. The van der Waals surface area contributed by atoms with Gasteiger partial charge in [0.05, 0.1) is 0 Å². The highest BCUT2D eigenvalue weighted by Gasteiger charge is 2.45. The molecule has 4 rings (SSSR count). The van der Waals surface area contributed by atoms with Crippen molar-refractivity contribution in [3.63, 3.8) is 0 Å². The van der Waals surface area contributed by atoms with E-state index in [1.807, 2.05) is 6.07 Å². The minimum Gasteiger partial charge on any atom is -0.321 e. The van der Waals surface area contributed by atoms with Gasteiger partial charge in [0.1, 0.15) is 5.82 Å². The Labute approximate surface area is 108 Å². The van der Waals surface area contributed by atoms with Gasteiger partial charge < -0.3 is 5.73 Å². The third-order valence-corrected chi connectivity index (χ3v) is 5.01. The third-order valence-electron chi connectivity index (χ3n) is 5.01. The van der Waals surface area contributed by atoms with Gasteiger partial charge in [-0.1, -0.05) is 25.0 Å². The first kappa shape index (κ1) is 11.0. The fourth-order valence-corrected chi connectivity index (χ4v) is 3.23. The molecule has 96 valence electrons. The molecule has 3 saturated carbocycles. The van der Waals surface area contributed by atoms with Crippen LogP contribution >= 0.6 is 0 Å². The number of halogens is 1. The molecule has 1 aromatic carbocycles. The van der Waals surface area contributed by atoms with Crippen LogP contribution in [0.4, 0.5) is 4.39 Å². The monoisotopic (exact) mass is 245 g/mol. The number of hydrogen-bond donors (Lipinski definition) is 1. The first-order valence-electron chi connectivity index (χ1n) is 7.24. The Balaban J connectivity index is 1.56. The van der Waals surface area contributed by atoms with Crippen molar-refractivity contribution >= 4 is 0 Å². The van der Waals surface area contributed by atoms with E-state index in [2.05, 4.69) is 6.07 Å². The van der Waals surface area contributed by atoms with Gasteiger partial charge in [-0.05, 0) is 60.6 Å². The summed E-state index contributed by atoms with van der Waals surface area (Å²) in [5.41, 5.74) is 8.16. The molecule has 3 aliphatic carbocycles. The summed E-state index contributed by atoms with van der Waals surface area (Å²) in [5.74, 6) is 2.16. The van der Waals surface area contributed by atoms with Crippen LogP contribution in [0.25, 0.3) is 0 Å². The smallest absolute Gasteiger partial charge is 0.126 e. The number of hydrogen-bond acceptors (Lipinski definition) is 1. The molecule has 0 radical (unpaired) electrons. The van der Waals surface area contributed by atoms with Crippen molar-refractivity contribution in [2.24, 2.45) is 17.6 Å². The highest BCUT2D eigenvalue weighted by molar-refractivity contribution is 5.37. The maximum atomic E-state index is 14.0. The number of nitrogens with two attached hydrogens (primary N) is 1. The Morgan fingerprint density at radius 2 is 2.06 bits per heavy atom. The lowest BCUT2D eigenvalue weighted by Crippen LogP contribution is -2.19. The van der Waals surface area contributed by atoms with E-state index in [1.54, 1.807) is 6.07 Å². The second-order valence-electron chi connectivity index (χ2n) is 6.67. The van der Waals surface area contributed by atoms with E-state index in [0.717, 1.165) is 35.8 Å². The SMILES string of the molecule is NC1(c2ccc(F)c(C3CC3CC3CC3)c2)CC1. The fraction of sp³-hybridized carbons (Fsp3) is 0.625. The third kappa shape index (κ3) is 1.87. The average molecular weight is 245 g/mol. The van der Waals surface area contributed by atoms with Crippen LogP contribution in [-0.4, -0.2) is 0 Å². The molecule has 1 nitrogen and oxygen atoms in total. The summed E-state index contributed by atoms with van der Waals surface area (Å²) < 4.78 is 14.0. The average Bonchev–Trinajstić information content (AvgIpc) is 3.15. The molecule has 1 aromatic rings. The van der Waals surface area contributed by atoms with E-state index in [0.29, 0.717) is 5.92 Å². The Hall–Kier alpha value is -0.890. The Kier molecular flexibility index (Phi) is 2.18. The maximum Gasteiger partial charge on any atom is 0.126 e. The van der Waals surface area contributed by atoms with Gasteiger partial charge in [-0.25, -0.2) is 4.39 Å². The van der Waals surface area contributed by atoms with Gasteiger partial charge in [0.15, 0.2) is 0 Å². The summed E-state index contributed by atoms with van der Waals surface area (Å²) in [5, 5.41) is 0. The predicted octanol–water partition coefficient (Wildman–Crippen LogP) is 3.68. The topological polar surface area (TPSA) is 26.0 Å². The Bertz CT molecular complexity index is 488. The highest BCUT2D eigenvalue weighted by atomic mass is 19.1. The van der Waals surface area contributed by atoms with Crippen molar-refractivity contribution in [3.8, 4) is 0 Å². The lowest BCUT2D eigenvalue weighted by molar-refractivity contribution is 0.588. The molecular weight excluding hydrogens is 225 g/mol. The van der Waals surface area contributed by atoms with Crippen molar-refractivity contribution in [1.82, 2.24) is 0 Å². The highest BCUT2D eigenvalue weighted by Crippen LogP contribution is 2.55. The summed E-state index contributed by atoms with van der Waals surface area (Å²) in [6, 6.07) is 5.56. The predicted molar refractivity (Wildman–Crippen MR) is 69.7 cm³/mol. The normalized spacial score (nSPS) is 32.3. The fourth-order valence-electron chi connectivity index (χ4n) is 3.23. The van der Waals surface area contributed by atoms with Crippen LogP contribution in [0, 0.1) is 17.7 Å². The molecule has 2 unspecified atom stereocenters. The molecule has 0 aliphatic heterocycles. The summed E-state index contributed by atoms with van der Waals surface area (Å²) in [6.07, 6.45) is 7.41. The van der Waals surface area contributed by atoms with Gasteiger partial charge >= 0.3 is 0 Å². The number of benzene rings is 1. The van der Waals surface area contributed by atoms with Crippen molar-refractivity contribution in [3.05, 3.63) is 35.1 Å². The van der Waals surface area contributed by atoms with Crippen molar-refractivity contribution in [2.75, 3.05) is 0 Å². The van der Waals surface area contributed by atoms with Crippen LogP contribution in [0.5, 0.6) is 0 Å². The molecule has 0 bridgehead atoms. The van der Waals surface area contributed by atoms with E-state index < -0.39 is 0 Å². The van der Waals surface area contributed by atoms with Crippen LogP contribution in [0.2, 0.25) is 0 Å².